The number of carbonyl (C=O) groups is 1. The average Bonchev–Trinajstić information content (AvgIpc) is 3.13. The highest BCUT2D eigenvalue weighted by molar-refractivity contribution is 7.91. The third-order valence-electron chi connectivity index (χ3n) is 4.77. The SMILES string of the molecule is [B]c1ccc(S(=O)(=O)N2CCN(c3ccc(C(=O)NN)cc3C(F)(F)F)C[C@H]2C)s1. The number of hydrogen-bond acceptors (Lipinski definition) is 6. The van der Waals surface area contributed by atoms with Gasteiger partial charge in [-0.3, -0.25) is 10.2 Å². The van der Waals surface area contributed by atoms with Crippen LogP contribution in [0.1, 0.15) is 22.8 Å². The van der Waals surface area contributed by atoms with Gasteiger partial charge in [0.05, 0.1) is 5.56 Å². The molecule has 0 spiro atoms. The van der Waals surface area contributed by atoms with E-state index in [2.05, 4.69) is 0 Å². The van der Waals surface area contributed by atoms with E-state index in [9.17, 15) is 26.4 Å². The Labute approximate surface area is 177 Å². The van der Waals surface area contributed by atoms with E-state index in [-0.39, 0.29) is 35.1 Å². The van der Waals surface area contributed by atoms with E-state index in [0.717, 1.165) is 17.4 Å². The normalized spacial score (nSPS) is 18.4. The van der Waals surface area contributed by atoms with Crippen LogP contribution >= 0.6 is 11.3 Å². The van der Waals surface area contributed by atoms with Crippen LogP contribution in [0, 0.1) is 0 Å². The standard InChI is InChI=1S/C17H18BF3N4O3S2/c1-10-9-24(6-7-25(10)30(27,28)15-5-4-14(18)29-15)13-3-2-11(16(26)23-22)8-12(13)17(19,20)21/h2-5,8,10H,6-7,9,22H2,1H3,(H,23,26)/t10-/m1/s1. The maximum Gasteiger partial charge on any atom is 0.418 e. The van der Waals surface area contributed by atoms with E-state index < -0.39 is 33.7 Å². The van der Waals surface area contributed by atoms with Gasteiger partial charge in [-0.2, -0.15) is 17.5 Å². The number of piperazine rings is 1. The molecule has 1 aromatic heterocycles. The van der Waals surface area contributed by atoms with Crippen LogP contribution in [0.15, 0.2) is 34.5 Å². The quantitative estimate of drug-likeness (QED) is 0.309. The number of nitrogens with zero attached hydrogens (tertiary/aromatic N) is 2. The Morgan fingerprint density at radius 3 is 2.50 bits per heavy atom. The molecule has 7 nitrogen and oxygen atoms in total. The monoisotopic (exact) mass is 458 g/mol. The van der Waals surface area contributed by atoms with Crippen LogP contribution < -0.4 is 20.9 Å². The zero-order valence-corrected chi connectivity index (χ0v) is 17.4. The third kappa shape index (κ3) is 4.34. The molecule has 1 aliphatic heterocycles. The van der Waals surface area contributed by atoms with Gasteiger partial charge in [0.25, 0.3) is 15.9 Å². The molecule has 3 N–H and O–H groups in total. The molecule has 1 aliphatic rings. The van der Waals surface area contributed by atoms with Gasteiger partial charge >= 0.3 is 6.18 Å². The zero-order valence-electron chi connectivity index (χ0n) is 15.8. The summed E-state index contributed by atoms with van der Waals surface area (Å²) in [5.41, 5.74) is 0.468. The number of nitrogens with two attached hydrogens (primary N) is 1. The zero-order chi connectivity index (χ0) is 22.3. The highest BCUT2D eigenvalue weighted by Crippen LogP contribution is 2.38. The van der Waals surface area contributed by atoms with Gasteiger partial charge in [0, 0.05) is 36.9 Å². The van der Waals surface area contributed by atoms with Crippen molar-refractivity contribution in [3.05, 3.63) is 41.5 Å². The van der Waals surface area contributed by atoms with Gasteiger partial charge in [-0.25, -0.2) is 14.3 Å². The lowest BCUT2D eigenvalue weighted by molar-refractivity contribution is -0.137. The molecular weight excluding hydrogens is 440 g/mol. The number of nitrogens with one attached hydrogen (secondary N) is 1. The first kappa shape index (κ1) is 22.6. The number of nitrogen functional groups attached to an aromatic ring is 1. The second-order valence-electron chi connectivity index (χ2n) is 6.77. The smallest absolute Gasteiger partial charge is 0.368 e. The summed E-state index contributed by atoms with van der Waals surface area (Å²) in [6.45, 7) is 1.73. The lowest BCUT2D eigenvalue weighted by Gasteiger charge is -2.40. The maximum absolute atomic E-state index is 13.6. The average molecular weight is 458 g/mol. The number of amides is 1. The predicted octanol–water partition coefficient (Wildman–Crippen LogP) is 1.06. The van der Waals surface area contributed by atoms with Gasteiger partial charge in [-0.1, -0.05) is 6.07 Å². The Morgan fingerprint density at radius 1 is 1.27 bits per heavy atom. The molecule has 0 aliphatic carbocycles. The second-order valence-corrected chi connectivity index (χ2v) is 10.0. The minimum Gasteiger partial charge on any atom is -0.368 e. The summed E-state index contributed by atoms with van der Waals surface area (Å²) < 4.78 is 68.3. The summed E-state index contributed by atoms with van der Waals surface area (Å²) in [5.74, 6) is 4.17. The Kier molecular flexibility index (Phi) is 6.19. The Balaban J connectivity index is 1.89. The first-order chi connectivity index (χ1) is 13.9. The number of alkyl halides is 3. The fourth-order valence-electron chi connectivity index (χ4n) is 3.37. The van der Waals surface area contributed by atoms with Crippen molar-refractivity contribution in [1.82, 2.24) is 9.73 Å². The summed E-state index contributed by atoms with van der Waals surface area (Å²) in [5, 5.41) is 0. The molecule has 2 aromatic rings. The number of thiophene rings is 1. The van der Waals surface area contributed by atoms with Crippen molar-refractivity contribution in [2.45, 2.75) is 23.4 Å². The van der Waals surface area contributed by atoms with E-state index in [1.807, 2.05) is 0 Å². The van der Waals surface area contributed by atoms with Crippen molar-refractivity contribution in [2.75, 3.05) is 24.5 Å². The molecule has 1 atom stereocenters. The van der Waals surface area contributed by atoms with Crippen LogP contribution in [-0.2, 0) is 16.2 Å². The van der Waals surface area contributed by atoms with Crippen LogP contribution in [0.5, 0.6) is 0 Å². The molecule has 2 radical (unpaired) electrons. The summed E-state index contributed by atoms with van der Waals surface area (Å²) in [4.78, 5) is 13.1. The topological polar surface area (TPSA) is 95.7 Å². The lowest BCUT2D eigenvalue weighted by Crippen LogP contribution is -2.54. The number of benzene rings is 1. The number of hydrogen-bond donors (Lipinski definition) is 2. The first-order valence-corrected chi connectivity index (χ1v) is 11.0. The summed E-state index contributed by atoms with van der Waals surface area (Å²) in [6.07, 6.45) is -4.71. The molecule has 0 bridgehead atoms. The molecule has 160 valence electrons. The summed E-state index contributed by atoms with van der Waals surface area (Å²) in [7, 11) is 1.82. The molecule has 1 saturated heterocycles. The van der Waals surface area contributed by atoms with Crippen LogP contribution in [-0.4, -0.2) is 52.2 Å². The van der Waals surface area contributed by atoms with Crippen LogP contribution in [0.25, 0.3) is 0 Å². The van der Waals surface area contributed by atoms with Gasteiger partial charge in [0.15, 0.2) is 0 Å². The Bertz CT molecular complexity index is 1060. The molecule has 1 aromatic carbocycles. The Morgan fingerprint density at radius 2 is 1.97 bits per heavy atom. The van der Waals surface area contributed by atoms with Gasteiger partial charge in [0.1, 0.15) is 12.1 Å². The van der Waals surface area contributed by atoms with Crippen molar-refractivity contribution >= 4 is 45.6 Å². The van der Waals surface area contributed by atoms with Crippen molar-refractivity contribution in [3.8, 4) is 0 Å². The van der Waals surface area contributed by atoms with E-state index >= 15 is 0 Å². The van der Waals surface area contributed by atoms with E-state index in [1.165, 1.54) is 33.5 Å². The number of sulfonamides is 1. The van der Waals surface area contributed by atoms with E-state index in [0.29, 0.717) is 4.78 Å². The number of rotatable bonds is 4. The minimum absolute atomic E-state index is 0.00361. The fourth-order valence-corrected chi connectivity index (χ4v) is 6.20. The summed E-state index contributed by atoms with van der Waals surface area (Å²) in [6, 6.07) is 5.50. The van der Waals surface area contributed by atoms with Gasteiger partial charge < -0.3 is 4.90 Å². The molecular formula is C17H18BF3N4O3S2. The van der Waals surface area contributed by atoms with Crippen LogP contribution in [0.3, 0.4) is 0 Å². The Hall–Kier alpha value is -2.09. The number of hydrazine groups is 1. The molecule has 1 amide bonds. The number of halogens is 3. The van der Waals surface area contributed by atoms with Crippen molar-refractivity contribution in [2.24, 2.45) is 5.84 Å². The molecule has 2 heterocycles. The highest BCUT2D eigenvalue weighted by atomic mass is 32.2. The molecule has 13 heteroatoms. The molecule has 3 rings (SSSR count). The van der Waals surface area contributed by atoms with Crippen LogP contribution in [0.2, 0.25) is 0 Å². The van der Waals surface area contributed by atoms with Crippen molar-refractivity contribution in [1.29, 1.82) is 0 Å². The molecule has 0 saturated carbocycles. The predicted molar refractivity (Wildman–Crippen MR) is 108 cm³/mol. The number of carbonyl (C=O) groups excluding carboxylic acids is 1. The van der Waals surface area contributed by atoms with Gasteiger partial charge in [-0.15, -0.1) is 11.3 Å². The van der Waals surface area contributed by atoms with E-state index in [1.54, 1.807) is 12.3 Å². The van der Waals surface area contributed by atoms with Crippen LogP contribution in [0.4, 0.5) is 18.9 Å². The lowest BCUT2D eigenvalue weighted by atomic mass is 10.0. The summed E-state index contributed by atoms with van der Waals surface area (Å²) >= 11 is 0.937. The van der Waals surface area contributed by atoms with Gasteiger partial charge in [-0.05, 0) is 36.0 Å². The largest absolute Gasteiger partial charge is 0.418 e. The molecule has 1 fully saturated rings. The second kappa shape index (κ2) is 8.21. The van der Waals surface area contributed by atoms with Crippen molar-refractivity contribution in [3.63, 3.8) is 0 Å². The van der Waals surface area contributed by atoms with Crippen molar-refractivity contribution < 1.29 is 26.4 Å². The number of anilines is 1. The fraction of sp³-hybridized carbons (Fsp3) is 0.353. The van der Waals surface area contributed by atoms with E-state index in [4.69, 9.17) is 13.7 Å². The molecule has 30 heavy (non-hydrogen) atoms. The minimum atomic E-state index is -4.71. The maximum atomic E-state index is 13.6. The molecule has 0 unspecified atom stereocenters. The highest BCUT2D eigenvalue weighted by Gasteiger charge is 2.39. The first-order valence-electron chi connectivity index (χ1n) is 8.79. The third-order valence-corrected chi connectivity index (χ3v) is 8.16. The van der Waals surface area contributed by atoms with Gasteiger partial charge in [0.2, 0.25) is 0 Å².